The lowest BCUT2D eigenvalue weighted by molar-refractivity contribution is -0.119. The topological polar surface area (TPSA) is 64.0 Å². The van der Waals surface area contributed by atoms with Gasteiger partial charge in [0.1, 0.15) is 4.83 Å². The molecule has 0 bridgehead atoms. The maximum Gasteiger partial charge on any atom is 0.263 e. The summed E-state index contributed by atoms with van der Waals surface area (Å²) >= 11 is 2.91. The first-order valence-electron chi connectivity index (χ1n) is 10.7. The average Bonchev–Trinajstić information content (AvgIpc) is 3.05. The Labute approximate surface area is 192 Å². The van der Waals surface area contributed by atoms with Crippen molar-refractivity contribution < 1.29 is 4.79 Å². The van der Waals surface area contributed by atoms with Crippen LogP contribution in [0.1, 0.15) is 49.3 Å². The van der Waals surface area contributed by atoms with Gasteiger partial charge in [0, 0.05) is 10.9 Å². The number of nitrogens with one attached hydrogen (secondary N) is 1. The second-order valence-corrected chi connectivity index (χ2v) is 10.4. The Kier molecular flexibility index (Phi) is 7.59. The molecule has 1 aromatic carbocycles. The number of thioether (sulfide) groups is 1. The lowest BCUT2D eigenvalue weighted by atomic mass is 10.1. The average molecular weight is 458 g/mol. The van der Waals surface area contributed by atoms with Crippen molar-refractivity contribution in [1.29, 1.82) is 0 Å². The monoisotopic (exact) mass is 457 g/mol. The van der Waals surface area contributed by atoms with Crippen molar-refractivity contribution in [2.75, 3.05) is 5.75 Å². The van der Waals surface area contributed by atoms with Gasteiger partial charge in [-0.25, -0.2) is 4.98 Å². The fourth-order valence-corrected chi connectivity index (χ4v) is 5.27. The molecular weight excluding hydrogens is 426 g/mol. The van der Waals surface area contributed by atoms with Gasteiger partial charge in [0.2, 0.25) is 5.91 Å². The zero-order chi connectivity index (χ0) is 22.7. The molecule has 5 nitrogen and oxygen atoms in total. The summed E-state index contributed by atoms with van der Waals surface area (Å²) in [5.41, 5.74) is 3.21. The van der Waals surface area contributed by atoms with Gasteiger partial charge in [0.15, 0.2) is 5.16 Å². The second-order valence-electron chi connectivity index (χ2n) is 8.34. The highest BCUT2D eigenvalue weighted by molar-refractivity contribution is 7.99. The maximum atomic E-state index is 13.5. The van der Waals surface area contributed by atoms with Crippen LogP contribution in [0.5, 0.6) is 0 Å². The quantitative estimate of drug-likeness (QED) is 0.384. The highest BCUT2D eigenvalue weighted by atomic mass is 32.2. The van der Waals surface area contributed by atoms with Crippen molar-refractivity contribution in [2.45, 2.75) is 65.7 Å². The smallest absolute Gasteiger partial charge is 0.263 e. The largest absolute Gasteiger partial charge is 0.353 e. The molecule has 0 unspecified atom stereocenters. The number of aromatic nitrogens is 2. The number of carbonyl (C=O) groups is 1. The van der Waals surface area contributed by atoms with Gasteiger partial charge in [-0.15, -0.1) is 11.3 Å². The van der Waals surface area contributed by atoms with Crippen LogP contribution in [0.3, 0.4) is 0 Å². The molecule has 7 heteroatoms. The number of benzene rings is 1. The van der Waals surface area contributed by atoms with E-state index in [2.05, 4.69) is 26.1 Å². The lowest BCUT2D eigenvalue weighted by Gasteiger charge is -2.17. The number of hydrogen-bond acceptors (Lipinski definition) is 5. The van der Waals surface area contributed by atoms with Crippen molar-refractivity contribution in [3.63, 3.8) is 0 Å². The third-order valence-corrected chi connectivity index (χ3v) is 7.92. The Morgan fingerprint density at radius 2 is 1.87 bits per heavy atom. The first kappa shape index (κ1) is 23.5. The summed E-state index contributed by atoms with van der Waals surface area (Å²) in [6, 6.07) is 8.27. The highest BCUT2D eigenvalue weighted by Crippen LogP contribution is 2.29. The van der Waals surface area contributed by atoms with Crippen LogP contribution in [0.15, 0.2) is 34.2 Å². The molecule has 3 aromatic rings. The van der Waals surface area contributed by atoms with Crippen LogP contribution in [-0.2, 0) is 17.8 Å². The number of amides is 1. The van der Waals surface area contributed by atoms with Gasteiger partial charge in [-0.1, -0.05) is 62.4 Å². The molecule has 0 saturated heterocycles. The summed E-state index contributed by atoms with van der Waals surface area (Å²) in [6.07, 6.45) is 0.877. The van der Waals surface area contributed by atoms with E-state index in [-0.39, 0.29) is 23.3 Å². The zero-order valence-electron chi connectivity index (χ0n) is 19.1. The first-order valence-corrected chi connectivity index (χ1v) is 12.5. The third-order valence-electron chi connectivity index (χ3n) is 5.62. The first-order chi connectivity index (χ1) is 14.7. The normalized spacial score (nSPS) is 12.5. The molecule has 2 aromatic heterocycles. The van der Waals surface area contributed by atoms with Gasteiger partial charge in [-0.2, -0.15) is 0 Å². The summed E-state index contributed by atoms with van der Waals surface area (Å²) < 4.78 is 1.72. The van der Waals surface area contributed by atoms with Gasteiger partial charge in [0.05, 0.1) is 17.7 Å². The molecule has 0 radical (unpaired) electrons. The molecule has 31 heavy (non-hydrogen) atoms. The molecule has 1 amide bonds. The van der Waals surface area contributed by atoms with Crippen molar-refractivity contribution in [3.05, 3.63) is 56.2 Å². The molecule has 1 atom stereocenters. The van der Waals surface area contributed by atoms with E-state index >= 15 is 0 Å². The molecule has 3 rings (SSSR count). The summed E-state index contributed by atoms with van der Waals surface area (Å²) in [6.45, 7) is 12.7. The number of fused-ring (bicyclic) bond motifs is 1. The molecule has 1 N–H and O–H groups in total. The number of nitrogens with zero attached hydrogens (tertiary/aromatic N) is 2. The minimum atomic E-state index is -0.0426. The van der Waals surface area contributed by atoms with E-state index in [1.165, 1.54) is 22.2 Å². The van der Waals surface area contributed by atoms with Gasteiger partial charge in [-0.3, -0.25) is 14.2 Å². The summed E-state index contributed by atoms with van der Waals surface area (Å²) in [4.78, 5) is 32.7. The number of rotatable bonds is 8. The highest BCUT2D eigenvalue weighted by Gasteiger charge is 2.19. The Hall–Kier alpha value is -2.12. The molecule has 166 valence electrons. The van der Waals surface area contributed by atoms with Crippen LogP contribution in [0.25, 0.3) is 10.2 Å². The standard InChI is InChI=1S/C24H31N3O2S2/c1-7-19-16(5)21-22(31-19)26-24(30-13-20(28)25-17(6)14(2)3)27(23(21)29)12-18-10-8-15(4)9-11-18/h8-11,14,17H,7,12-13H2,1-6H3,(H,25,28)/t17-/m1/s1. The van der Waals surface area contributed by atoms with E-state index in [0.717, 1.165) is 22.4 Å². The molecule has 0 spiro atoms. The van der Waals surface area contributed by atoms with Crippen LogP contribution in [0.2, 0.25) is 0 Å². The molecule has 0 aliphatic heterocycles. The van der Waals surface area contributed by atoms with E-state index in [1.807, 2.05) is 45.0 Å². The van der Waals surface area contributed by atoms with Crippen molar-refractivity contribution in [3.8, 4) is 0 Å². The molecular formula is C24H31N3O2S2. The number of hydrogen-bond donors (Lipinski definition) is 1. The minimum Gasteiger partial charge on any atom is -0.353 e. The van der Waals surface area contributed by atoms with Crippen molar-refractivity contribution in [1.82, 2.24) is 14.9 Å². The van der Waals surface area contributed by atoms with Crippen molar-refractivity contribution >= 4 is 39.2 Å². The Morgan fingerprint density at radius 3 is 2.48 bits per heavy atom. The summed E-state index contributed by atoms with van der Waals surface area (Å²) in [5, 5.41) is 4.32. The molecule has 0 aliphatic rings. The summed E-state index contributed by atoms with van der Waals surface area (Å²) in [7, 11) is 0. The van der Waals surface area contributed by atoms with E-state index in [1.54, 1.807) is 15.9 Å². The van der Waals surface area contributed by atoms with E-state index < -0.39 is 0 Å². The predicted octanol–water partition coefficient (Wildman–Crippen LogP) is 4.94. The van der Waals surface area contributed by atoms with Gasteiger partial charge >= 0.3 is 0 Å². The maximum absolute atomic E-state index is 13.5. The summed E-state index contributed by atoms with van der Waals surface area (Å²) in [5.74, 6) is 0.553. The number of aryl methyl sites for hydroxylation is 3. The van der Waals surface area contributed by atoms with Gasteiger partial charge < -0.3 is 5.32 Å². The van der Waals surface area contributed by atoms with Crippen LogP contribution >= 0.6 is 23.1 Å². The minimum absolute atomic E-state index is 0.0301. The fourth-order valence-electron chi connectivity index (χ4n) is 3.30. The third kappa shape index (κ3) is 5.39. The Bertz CT molecular complexity index is 1130. The molecule has 0 aliphatic carbocycles. The van der Waals surface area contributed by atoms with Crippen LogP contribution in [-0.4, -0.2) is 27.3 Å². The van der Waals surface area contributed by atoms with Crippen LogP contribution in [0.4, 0.5) is 0 Å². The molecule has 2 heterocycles. The fraction of sp³-hybridized carbons (Fsp3) is 0.458. The second kappa shape index (κ2) is 10.0. The SMILES string of the molecule is CCc1sc2nc(SCC(=O)N[C@H](C)C(C)C)n(Cc3ccc(C)cc3)c(=O)c2c1C. The number of carbonyl (C=O) groups excluding carboxylic acids is 1. The van der Waals surface area contributed by atoms with Gasteiger partial charge in [0.25, 0.3) is 5.56 Å². The molecule has 0 fully saturated rings. The van der Waals surface area contributed by atoms with E-state index in [4.69, 9.17) is 4.98 Å². The zero-order valence-corrected chi connectivity index (χ0v) is 20.7. The van der Waals surface area contributed by atoms with E-state index in [9.17, 15) is 9.59 Å². The Morgan fingerprint density at radius 1 is 1.19 bits per heavy atom. The lowest BCUT2D eigenvalue weighted by Crippen LogP contribution is -2.37. The Balaban J connectivity index is 1.98. The number of thiophene rings is 1. The predicted molar refractivity (Wildman–Crippen MR) is 131 cm³/mol. The van der Waals surface area contributed by atoms with Crippen molar-refractivity contribution in [2.24, 2.45) is 5.92 Å². The van der Waals surface area contributed by atoms with Crippen LogP contribution < -0.4 is 10.9 Å². The van der Waals surface area contributed by atoms with Gasteiger partial charge in [-0.05, 0) is 44.2 Å². The molecule has 0 saturated carbocycles. The van der Waals surface area contributed by atoms with E-state index in [0.29, 0.717) is 23.0 Å². The van der Waals surface area contributed by atoms with Crippen LogP contribution in [0, 0.1) is 19.8 Å².